The molecule has 0 aromatic heterocycles. The molecule has 0 aliphatic carbocycles. The van der Waals surface area contributed by atoms with Crippen molar-refractivity contribution in [3.63, 3.8) is 0 Å². The maximum absolute atomic E-state index is 12.7. The Labute approximate surface area is 324 Å². The van der Waals surface area contributed by atoms with Crippen molar-refractivity contribution in [3.05, 3.63) is 24.3 Å². The summed E-state index contributed by atoms with van der Waals surface area (Å²) in [6.07, 6.45) is 48.8. The highest BCUT2D eigenvalue weighted by Gasteiger charge is 2.17. The first-order valence-electron chi connectivity index (χ1n) is 22.9. The standard InChI is InChI=1S/C47H88O5/c1-4-7-10-13-16-19-21-23-24-26-27-29-31-34-37-40-46(48)51-44-45(43-50-42-39-36-33-18-15-12-9-6-3)52-47(49)41-38-35-32-30-28-25-22-20-17-14-11-8-5-2/h20,22-24,45H,4-19,21,25-44H2,1-3H3/b22-20-,24-23-. The van der Waals surface area contributed by atoms with Gasteiger partial charge in [-0.25, -0.2) is 0 Å². The maximum Gasteiger partial charge on any atom is 0.306 e. The molecular formula is C47H88O5. The van der Waals surface area contributed by atoms with Crippen LogP contribution in [0.3, 0.4) is 0 Å². The van der Waals surface area contributed by atoms with Gasteiger partial charge in [0.25, 0.3) is 0 Å². The largest absolute Gasteiger partial charge is 0.462 e. The van der Waals surface area contributed by atoms with Crippen molar-refractivity contribution in [2.24, 2.45) is 0 Å². The van der Waals surface area contributed by atoms with Crippen molar-refractivity contribution in [2.45, 2.75) is 245 Å². The molecule has 0 fully saturated rings. The van der Waals surface area contributed by atoms with E-state index in [1.807, 2.05) is 0 Å². The summed E-state index contributed by atoms with van der Waals surface area (Å²) in [4.78, 5) is 25.2. The molecule has 0 heterocycles. The average Bonchev–Trinajstić information content (AvgIpc) is 3.14. The monoisotopic (exact) mass is 733 g/mol. The number of carbonyl (C=O) groups excluding carboxylic acids is 2. The van der Waals surface area contributed by atoms with Gasteiger partial charge in [0.2, 0.25) is 0 Å². The topological polar surface area (TPSA) is 61.8 Å². The Kier molecular flexibility index (Phi) is 42.4. The van der Waals surface area contributed by atoms with Crippen LogP contribution in [0.2, 0.25) is 0 Å². The normalized spacial score (nSPS) is 12.3. The summed E-state index contributed by atoms with van der Waals surface area (Å²) < 4.78 is 17.3. The van der Waals surface area contributed by atoms with Crippen LogP contribution in [-0.4, -0.2) is 37.9 Å². The van der Waals surface area contributed by atoms with Gasteiger partial charge in [0.05, 0.1) is 6.61 Å². The first-order valence-corrected chi connectivity index (χ1v) is 22.9. The van der Waals surface area contributed by atoms with Crippen molar-refractivity contribution < 1.29 is 23.8 Å². The van der Waals surface area contributed by atoms with Crippen molar-refractivity contribution >= 4 is 11.9 Å². The van der Waals surface area contributed by atoms with Crippen LogP contribution in [0.25, 0.3) is 0 Å². The van der Waals surface area contributed by atoms with Crippen LogP contribution in [-0.2, 0) is 23.8 Å². The number of hydrogen-bond acceptors (Lipinski definition) is 5. The highest BCUT2D eigenvalue weighted by molar-refractivity contribution is 5.70. The fourth-order valence-electron chi connectivity index (χ4n) is 6.50. The van der Waals surface area contributed by atoms with E-state index in [1.54, 1.807) is 0 Å². The molecule has 0 spiro atoms. The molecule has 5 nitrogen and oxygen atoms in total. The van der Waals surface area contributed by atoms with E-state index in [4.69, 9.17) is 14.2 Å². The zero-order chi connectivity index (χ0) is 37.8. The Morgan fingerprint density at radius 3 is 1.19 bits per heavy atom. The van der Waals surface area contributed by atoms with E-state index in [0.717, 1.165) is 64.2 Å². The molecule has 0 aliphatic rings. The van der Waals surface area contributed by atoms with Gasteiger partial charge in [-0.15, -0.1) is 0 Å². The minimum atomic E-state index is -0.534. The third-order valence-electron chi connectivity index (χ3n) is 9.96. The second kappa shape index (κ2) is 43.8. The van der Waals surface area contributed by atoms with Gasteiger partial charge in [0.15, 0.2) is 6.10 Å². The summed E-state index contributed by atoms with van der Waals surface area (Å²) in [5, 5.41) is 0. The third-order valence-corrected chi connectivity index (χ3v) is 9.96. The van der Waals surface area contributed by atoms with Crippen LogP contribution >= 0.6 is 0 Å². The molecule has 0 aromatic rings. The van der Waals surface area contributed by atoms with Crippen LogP contribution in [0.5, 0.6) is 0 Å². The van der Waals surface area contributed by atoms with E-state index in [-0.39, 0.29) is 25.2 Å². The summed E-state index contributed by atoms with van der Waals surface area (Å²) >= 11 is 0. The van der Waals surface area contributed by atoms with Gasteiger partial charge in [0.1, 0.15) is 6.61 Å². The molecule has 0 bridgehead atoms. The SMILES string of the molecule is CCCCCC/C=C\CCCCCCCC(=O)OC(COCCCCCCCCCC)COC(=O)CCCCCCC/C=C\CCCCCCCC. The highest BCUT2D eigenvalue weighted by Crippen LogP contribution is 2.13. The second-order valence-corrected chi connectivity index (χ2v) is 15.3. The van der Waals surface area contributed by atoms with Gasteiger partial charge in [-0.1, -0.05) is 180 Å². The molecule has 0 amide bonds. The number of ether oxygens (including phenoxy) is 3. The lowest BCUT2D eigenvalue weighted by atomic mass is 10.1. The fraction of sp³-hybridized carbons (Fsp3) is 0.872. The number of hydrogen-bond donors (Lipinski definition) is 0. The highest BCUT2D eigenvalue weighted by atomic mass is 16.6. The molecule has 52 heavy (non-hydrogen) atoms. The van der Waals surface area contributed by atoms with Crippen molar-refractivity contribution in [3.8, 4) is 0 Å². The van der Waals surface area contributed by atoms with Crippen LogP contribution in [0.4, 0.5) is 0 Å². The molecule has 1 unspecified atom stereocenters. The molecule has 0 rings (SSSR count). The lowest BCUT2D eigenvalue weighted by Crippen LogP contribution is -2.30. The fourth-order valence-corrected chi connectivity index (χ4v) is 6.50. The Morgan fingerprint density at radius 2 is 0.750 bits per heavy atom. The Bertz CT molecular complexity index is 791. The zero-order valence-corrected chi connectivity index (χ0v) is 35.1. The van der Waals surface area contributed by atoms with Crippen LogP contribution < -0.4 is 0 Å². The minimum Gasteiger partial charge on any atom is -0.462 e. The number of rotatable bonds is 42. The minimum absolute atomic E-state index is 0.0825. The lowest BCUT2D eigenvalue weighted by Gasteiger charge is -2.18. The second-order valence-electron chi connectivity index (χ2n) is 15.3. The van der Waals surface area contributed by atoms with Crippen molar-refractivity contribution in [1.29, 1.82) is 0 Å². The van der Waals surface area contributed by atoms with E-state index in [9.17, 15) is 9.59 Å². The van der Waals surface area contributed by atoms with Gasteiger partial charge in [0, 0.05) is 19.4 Å². The van der Waals surface area contributed by atoms with Gasteiger partial charge >= 0.3 is 11.9 Å². The molecule has 1 atom stereocenters. The Balaban J connectivity index is 4.19. The maximum atomic E-state index is 12.7. The first kappa shape index (κ1) is 50.4. The summed E-state index contributed by atoms with van der Waals surface area (Å²) in [6, 6.07) is 0. The van der Waals surface area contributed by atoms with E-state index in [2.05, 4.69) is 45.1 Å². The Morgan fingerprint density at radius 1 is 0.404 bits per heavy atom. The summed E-state index contributed by atoms with van der Waals surface area (Å²) in [6.45, 7) is 7.80. The molecule has 0 radical (unpaired) electrons. The Hall–Kier alpha value is -1.62. The van der Waals surface area contributed by atoms with Gasteiger partial charge in [-0.3, -0.25) is 9.59 Å². The van der Waals surface area contributed by atoms with Gasteiger partial charge in [-0.2, -0.15) is 0 Å². The molecule has 0 saturated heterocycles. The third kappa shape index (κ3) is 41.1. The van der Waals surface area contributed by atoms with E-state index < -0.39 is 6.10 Å². The van der Waals surface area contributed by atoms with Crippen LogP contribution in [0.1, 0.15) is 239 Å². The quantitative estimate of drug-likeness (QED) is 0.0355. The molecule has 0 N–H and O–H groups in total. The number of unbranched alkanes of at least 4 members (excludes halogenated alkanes) is 27. The summed E-state index contributed by atoms with van der Waals surface area (Å²) in [7, 11) is 0. The van der Waals surface area contributed by atoms with Crippen molar-refractivity contribution in [2.75, 3.05) is 19.8 Å². The molecule has 0 aliphatic heterocycles. The average molecular weight is 733 g/mol. The van der Waals surface area contributed by atoms with E-state index >= 15 is 0 Å². The summed E-state index contributed by atoms with van der Waals surface area (Å²) in [5.74, 6) is -0.409. The lowest BCUT2D eigenvalue weighted by molar-refractivity contribution is -0.163. The van der Waals surface area contributed by atoms with Gasteiger partial charge in [-0.05, 0) is 70.6 Å². The number of carbonyl (C=O) groups is 2. The zero-order valence-electron chi connectivity index (χ0n) is 35.1. The van der Waals surface area contributed by atoms with E-state index in [1.165, 1.54) is 141 Å². The van der Waals surface area contributed by atoms with Crippen LogP contribution in [0, 0.1) is 0 Å². The first-order chi connectivity index (χ1) is 25.6. The molecular weight excluding hydrogens is 645 g/mol. The van der Waals surface area contributed by atoms with E-state index in [0.29, 0.717) is 19.4 Å². The predicted molar refractivity (Wildman–Crippen MR) is 224 cm³/mol. The van der Waals surface area contributed by atoms with Crippen LogP contribution in [0.15, 0.2) is 24.3 Å². The van der Waals surface area contributed by atoms with Gasteiger partial charge < -0.3 is 14.2 Å². The molecule has 0 saturated carbocycles. The number of allylic oxidation sites excluding steroid dienone is 4. The molecule has 5 heteroatoms. The number of esters is 2. The van der Waals surface area contributed by atoms with Crippen molar-refractivity contribution in [1.82, 2.24) is 0 Å². The smallest absolute Gasteiger partial charge is 0.306 e. The predicted octanol–water partition coefficient (Wildman–Crippen LogP) is 14.9. The molecule has 306 valence electrons. The summed E-state index contributed by atoms with van der Waals surface area (Å²) in [5.41, 5.74) is 0. The molecule has 0 aromatic carbocycles.